The topological polar surface area (TPSA) is 188 Å². The Morgan fingerprint density at radius 1 is 1.36 bits per heavy atom. The number of aromatic nitrogens is 2. The quantitative estimate of drug-likeness (QED) is 0.321. The number of aliphatic carboxylic acids is 1. The molecule has 0 aliphatic carbocycles. The number of nitrogens with two attached hydrogens (primary N) is 1. The minimum atomic E-state index is -1.81. The Morgan fingerprint density at radius 3 is 2.55 bits per heavy atom. The number of H-pyrrole nitrogens is 1. The molecule has 0 spiro atoms. The van der Waals surface area contributed by atoms with Gasteiger partial charge in [0.2, 0.25) is 0 Å². The molecule has 11 heteroatoms. The molecule has 2 rings (SSSR count). The number of hydrogen-bond donors (Lipinski definition) is 6. The lowest BCUT2D eigenvalue weighted by Gasteiger charge is -2.23. The van der Waals surface area contributed by atoms with Gasteiger partial charge in [-0.3, -0.25) is 19.1 Å². The van der Waals surface area contributed by atoms with Gasteiger partial charge in [0.15, 0.2) is 6.23 Å². The molecular weight excluding hydrogens is 302 g/mol. The molecule has 1 saturated heterocycles. The summed E-state index contributed by atoms with van der Waals surface area (Å²) < 4.78 is 5.97. The molecule has 1 aromatic heterocycles. The molecule has 1 aliphatic rings. The molecule has 1 aliphatic heterocycles. The van der Waals surface area contributed by atoms with Crippen LogP contribution >= 0.6 is 0 Å². The molecular formula is C11H15N3O8. The molecule has 122 valence electrons. The van der Waals surface area contributed by atoms with Crippen LogP contribution in [0, 0.1) is 0 Å². The summed E-state index contributed by atoms with van der Waals surface area (Å²) in [6, 6.07) is -0.755. The third-order valence-corrected chi connectivity index (χ3v) is 3.39. The summed E-state index contributed by atoms with van der Waals surface area (Å²) in [5, 5.41) is 38.3. The van der Waals surface area contributed by atoms with Gasteiger partial charge in [0.25, 0.3) is 5.56 Å². The number of carbonyl (C=O) groups is 1. The van der Waals surface area contributed by atoms with Crippen molar-refractivity contribution in [3.63, 3.8) is 0 Å². The van der Waals surface area contributed by atoms with E-state index in [0.29, 0.717) is 0 Å². The molecule has 1 unspecified atom stereocenters. The Hall–Kier alpha value is -2.05. The first-order chi connectivity index (χ1) is 10.2. The van der Waals surface area contributed by atoms with E-state index in [2.05, 4.69) is 0 Å². The van der Waals surface area contributed by atoms with Gasteiger partial charge in [0.1, 0.15) is 30.5 Å². The summed E-state index contributed by atoms with van der Waals surface area (Å²) >= 11 is 0. The third kappa shape index (κ3) is 2.80. The second-order valence-electron chi connectivity index (χ2n) is 4.84. The van der Waals surface area contributed by atoms with E-state index in [9.17, 15) is 29.7 Å². The molecule has 0 saturated carbocycles. The van der Waals surface area contributed by atoms with Crippen molar-refractivity contribution in [2.45, 2.75) is 36.7 Å². The highest BCUT2D eigenvalue weighted by atomic mass is 16.6. The molecule has 22 heavy (non-hydrogen) atoms. The second kappa shape index (κ2) is 5.98. The van der Waals surface area contributed by atoms with Gasteiger partial charge in [-0.2, -0.15) is 0 Å². The summed E-state index contributed by atoms with van der Waals surface area (Å²) in [6.07, 6.45) is -7.03. The van der Waals surface area contributed by atoms with Crippen LogP contribution in [0.5, 0.6) is 0 Å². The van der Waals surface area contributed by atoms with Crippen molar-refractivity contribution >= 4 is 5.97 Å². The van der Waals surface area contributed by atoms with Crippen molar-refractivity contribution in [3.05, 3.63) is 33.1 Å². The minimum absolute atomic E-state index is 0.668. The van der Waals surface area contributed by atoms with E-state index in [0.717, 1.165) is 16.8 Å². The maximum atomic E-state index is 11.7. The van der Waals surface area contributed by atoms with Crippen LogP contribution < -0.4 is 17.0 Å². The summed E-state index contributed by atoms with van der Waals surface area (Å²) in [6.45, 7) is 0. The van der Waals surface area contributed by atoms with Crippen molar-refractivity contribution < 1.29 is 30.0 Å². The van der Waals surface area contributed by atoms with E-state index in [1.54, 1.807) is 0 Å². The van der Waals surface area contributed by atoms with Gasteiger partial charge < -0.3 is 30.9 Å². The summed E-state index contributed by atoms with van der Waals surface area (Å²) in [4.78, 5) is 35.3. The standard InChI is InChI=1S/C11H15N3O8/c12-4(10(19)20)5(16)8-6(17)7(18)9(22-8)14-2-1-3(15)13-11(14)21/h1-2,4-9,16-18H,12H2,(H,19,20)(H,13,15,21)/t4-,5?,6-,7+,8+,9+/m0/s1. The number of carboxylic acid groups (broad SMARTS) is 1. The molecule has 7 N–H and O–H groups in total. The van der Waals surface area contributed by atoms with Gasteiger partial charge in [0.05, 0.1) is 0 Å². The molecule has 1 aromatic rings. The predicted octanol–water partition coefficient (Wildman–Crippen LogP) is -4.07. The smallest absolute Gasteiger partial charge is 0.330 e. The van der Waals surface area contributed by atoms with Crippen LogP contribution in [0.2, 0.25) is 0 Å². The number of ether oxygens (including phenoxy) is 1. The van der Waals surface area contributed by atoms with Crippen molar-refractivity contribution in [3.8, 4) is 0 Å². The van der Waals surface area contributed by atoms with Gasteiger partial charge in [0, 0.05) is 12.3 Å². The largest absolute Gasteiger partial charge is 0.480 e. The van der Waals surface area contributed by atoms with Crippen LogP contribution in [0.1, 0.15) is 6.23 Å². The lowest BCUT2D eigenvalue weighted by Crippen LogP contribution is -2.51. The zero-order chi connectivity index (χ0) is 16.6. The molecule has 6 atom stereocenters. The van der Waals surface area contributed by atoms with Crippen LogP contribution in [0.15, 0.2) is 21.9 Å². The molecule has 0 bridgehead atoms. The molecule has 2 heterocycles. The number of hydrogen-bond acceptors (Lipinski definition) is 8. The van der Waals surface area contributed by atoms with Crippen molar-refractivity contribution in [1.82, 2.24) is 9.55 Å². The zero-order valence-electron chi connectivity index (χ0n) is 11.1. The first-order valence-corrected chi connectivity index (χ1v) is 6.23. The fraction of sp³-hybridized carbons (Fsp3) is 0.545. The van der Waals surface area contributed by atoms with Gasteiger partial charge in [-0.1, -0.05) is 0 Å². The average Bonchev–Trinajstić information content (AvgIpc) is 2.74. The van der Waals surface area contributed by atoms with Gasteiger partial charge >= 0.3 is 11.7 Å². The number of nitrogens with zero attached hydrogens (tertiary/aromatic N) is 1. The summed E-state index contributed by atoms with van der Waals surface area (Å²) in [7, 11) is 0. The fourth-order valence-corrected chi connectivity index (χ4v) is 2.18. The number of carboxylic acids is 1. The average molecular weight is 317 g/mol. The first kappa shape index (κ1) is 16.3. The van der Waals surface area contributed by atoms with Crippen LogP contribution in [0.3, 0.4) is 0 Å². The van der Waals surface area contributed by atoms with E-state index < -0.39 is 53.9 Å². The number of rotatable bonds is 4. The minimum Gasteiger partial charge on any atom is -0.480 e. The normalized spacial score (nSPS) is 30.9. The summed E-state index contributed by atoms with van der Waals surface area (Å²) in [5.41, 5.74) is 3.67. The number of nitrogens with one attached hydrogen (secondary N) is 1. The lowest BCUT2D eigenvalue weighted by molar-refractivity contribution is -0.147. The molecule has 0 aromatic carbocycles. The Labute approximate surface area is 122 Å². The van der Waals surface area contributed by atoms with Crippen LogP contribution in [0.4, 0.5) is 0 Å². The molecule has 11 nitrogen and oxygen atoms in total. The lowest BCUT2D eigenvalue weighted by atomic mass is 10.0. The van der Waals surface area contributed by atoms with Gasteiger partial charge in [-0.05, 0) is 0 Å². The number of aliphatic hydroxyl groups excluding tert-OH is 3. The van der Waals surface area contributed by atoms with Crippen molar-refractivity contribution in [2.24, 2.45) is 5.73 Å². The molecule has 1 fully saturated rings. The highest BCUT2D eigenvalue weighted by Gasteiger charge is 2.49. The van der Waals surface area contributed by atoms with E-state index in [1.807, 2.05) is 4.98 Å². The Morgan fingerprint density at radius 2 is 2.00 bits per heavy atom. The Kier molecular flexibility index (Phi) is 4.44. The Bertz CT molecular complexity index is 670. The second-order valence-corrected chi connectivity index (χ2v) is 4.84. The van der Waals surface area contributed by atoms with E-state index >= 15 is 0 Å². The Balaban J connectivity index is 2.28. The van der Waals surface area contributed by atoms with Crippen molar-refractivity contribution in [2.75, 3.05) is 0 Å². The summed E-state index contributed by atoms with van der Waals surface area (Å²) in [5.74, 6) is -1.53. The monoisotopic (exact) mass is 317 g/mol. The third-order valence-electron chi connectivity index (χ3n) is 3.39. The highest BCUT2D eigenvalue weighted by molar-refractivity contribution is 5.74. The predicted molar refractivity (Wildman–Crippen MR) is 68.9 cm³/mol. The number of aliphatic hydroxyl groups is 3. The van der Waals surface area contributed by atoms with Crippen LogP contribution in [0.25, 0.3) is 0 Å². The fourth-order valence-electron chi connectivity index (χ4n) is 2.18. The first-order valence-electron chi connectivity index (χ1n) is 6.23. The molecule has 0 radical (unpaired) electrons. The van der Waals surface area contributed by atoms with E-state index in [-0.39, 0.29) is 0 Å². The van der Waals surface area contributed by atoms with Crippen LogP contribution in [-0.4, -0.2) is 66.4 Å². The van der Waals surface area contributed by atoms with Gasteiger partial charge in [-0.25, -0.2) is 4.79 Å². The maximum absolute atomic E-state index is 11.7. The zero-order valence-corrected chi connectivity index (χ0v) is 11.1. The van der Waals surface area contributed by atoms with Gasteiger partial charge in [-0.15, -0.1) is 0 Å². The van der Waals surface area contributed by atoms with Crippen LogP contribution in [-0.2, 0) is 9.53 Å². The maximum Gasteiger partial charge on any atom is 0.330 e. The van der Waals surface area contributed by atoms with E-state index in [1.165, 1.54) is 0 Å². The highest BCUT2D eigenvalue weighted by Crippen LogP contribution is 2.30. The molecule has 0 amide bonds. The SMILES string of the molecule is N[C@H](C(=O)O)C(O)[C@H]1O[C@@H](n2ccc(=O)[nH]c2=O)[C@H](O)[C@@H]1O. The number of aromatic amines is 1. The van der Waals surface area contributed by atoms with E-state index in [4.69, 9.17) is 15.6 Å². The van der Waals surface area contributed by atoms with Crippen molar-refractivity contribution in [1.29, 1.82) is 0 Å².